The van der Waals surface area contributed by atoms with Crippen LogP contribution in [0.3, 0.4) is 0 Å². The molecule has 0 bridgehead atoms. The molecule has 0 saturated carbocycles. The van der Waals surface area contributed by atoms with Gasteiger partial charge in [-0.1, -0.05) is 44.6 Å². The molecular formula is C12H11BrN6. The first kappa shape index (κ1) is 12.0. The molecule has 0 radical (unpaired) electrons. The molecule has 0 amide bonds. The summed E-state index contributed by atoms with van der Waals surface area (Å²) in [5, 5.41) is 15.6. The van der Waals surface area contributed by atoms with Crippen LogP contribution >= 0.6 is 15.9 Å². The molecule has 0 aliphatic heterocycles. The number of nitrogens with zero attached hydrogens (tertiary/aromatic N) is 6. The van der Waals surface area contributed by atoms with Crippen LogP contribution in [-0.4, -0.2) is 30.0 Å². The Balaban J connectivity index is 1.86. The van der Waals surface area contributed by atoms with Gasteiger partial charge in [0.25, 0.3) is 0 Å². The predicted octanol–water partition coefficient (Wildman–Crippen LogP) is 1.73. The van der Waals surface area contributed by atoms with Crippen molar-refractivity contribution >= 4 is 15.9 Å². The SMILES string of the molecule is Brc1c(Cn2ccnn2)cccc1Cn1ccnn1. The highest BCUT2D eigenvalue weighted by Crippen LogP contribution is 2.23. The Labute approximate surface area is 118 Å². The molecule has 0 N–H and O–H groups in total. The summed E-state index contributed by atoms with van der Waals surface area (Å²) in [4.78, 5) is 0. The smallest absolute Gasteiger partial charge is 0.0693 e. The van der Waals surface area contributed by atoms with Gasteiger partial charge in [0.15, 0.2) is 0 Å². The van der Waals surface area contributed by atoms with Crippen LogP contribution in [0.25, 0.3) is 0 Å². The number of rotatable bonds is 4. The molecule has 2 aromatic heterocycles. The Morgan fingerprint density at radius 1 is 0.895 bits per heavy atom. The molecule has 0 fully saturated rings. The van der Waals surface area contributed by atoms with Crippen molar-refractivity contribution in [2.45, 2.75) is 13.1 Å². The summed E-state index contributed by atoms with van der Waals surface area (Å²) in [5.41, 5.74) is 2.31. The lowest BCUT2D eigenvalue weighted by Gasteiger charge is -2.09. The van der Waals surface area contributed by atoms with E-state index in [1.165, 1.54) is 0 Å². The van der Waals surface area contributed by atoms with Gasteiger partial charge in [0.1, 0.15) is 0 Å². The highest BCUT2D eigenvalue weighted by molar-refractivity contribution is 9.10. The molecule has 0 unspecified atom stereocenters. The molecule has 3 aromatic rings. The third-order valence-corrected chi connectivity index (χ3v) is 3.79. The normalized spacial score (nSPS) is 10.8. The molecule has 0 atom stereocenters. The number of hydrogen-bond donors (Lipinski definition) is 0. The van der Waals surface area contributed by atoms with Gasteiger partial charge in [-0.2, -0.15) is 0 Å². The predicted molar refractivity (Wildman–Crippen MR) is 72.4 cm³/mol. The lowest BCUT2D eigenvalue weighted by Crippen LogP contribution is -2.05. The lowest BCUT2D eigenvalue weighted by molar-refractivity contribution is 0.636. The molecule has 0 spiro atoms. The van der Waals surface area contributed by atoms with Gasteiger partial charge >= 0.3 is 0 Å². The maximum Gasteiger partial charge on any atom is 0.0693 e. The second-order valence-electron chi connectivity index (χ2n) is 4.09. The average molecular weight is 319 g/mol. The Hall–Kier alpha value is -2.02. The Kier molecular flexibility index (Phi) is 3.37. The van der Waals surface area contributed by atoms with E-state index in [1.54, 1.807) is 21.8 Å². The molecule has 6 nitrogen and oxygen atoms in total. The van der Waals surface area contributed by atoms with Crippen LogP contribution in [0.1, 0.15) is 11.1 Å². The minimum Gasteiger partial charge on any atom is -0.248 e. The highest BCUT2D eigenvalue weighted by atomic mass is 79.9. The molecule has 19 heavy (non-hydrogen) atoms. The standard InChI is InChI=1S/C12H11BrN6/c13-12-10(8-18-6-4-14-16-18)2-1-3-11(12)9-19-7-5-15-17-19/h1-7H,8-9H2. The van der Waals surface area contributed by atoms with Crippen molar-refractivity contribution in [1.82, 2.24) is 30.0 Å². The fourth-order valence-electron chi connectivity index (χ4n) is 1.86. The zero-order chi connectivity index (χ0) is 13.1. The van der Waals surface area contributed by atoms with E-state index in [4.69, 9.17) is 0 Å². The third kappa shape index (κ3) is 2.70. The van der Waals surface area contributed by atoms with Crippen LogP contribution in [0, 0.1) is 0 Å². The van der Waals surface area contributed by atoms with Crippen molar-refractivity contribution in [1.29, 1.82) is 0 Å². The summed E-state index contributed by atoms with van der Waals surface area (Å²) < 4.78 is 4.65. The quantitative estimate of drug-likeness (QED) is 0.735. The number of hydrogen-bond acceptors (Lipinski definition) is 4. The van der Waals surface area contributed by atoms with E-state index in [0.717, 1.165) is 15.6 Å². The van der Waals surface area contributed by atoms with Gasteiger partial charge in [0.2, 0.25) is 0 Å². The Bertz CT molecular complexity index is 592. The minimum atomic E-state index is 0.686. The monoisotopic (exact) mass is 318 g/mol. The van der Waals surface area contributed by atoms with Crippen molar-refractivity contribution in [3.05, 3.63) is 58.6 Å². The van der Waals surface area contributed by atoms with Crippen LogP contribution in [-0.2, 0) is 13.1 Å². The van der Waals surface area contributed by atoms with E-state index in [1.807, 2.05) is 18.5 Å². The summed E-state index contributed by atoms with van der Waals surface area (Å²) in [6.07, 6.45) is 7.04. The zero-order valence-corrected chi connectivity index (χ0v) is 11.6. The van der Waals surface area contributed by atoms with Crippen molar-refractivity contribution in [2.75, 3.05) is 0 Å². The maximum absolute atomic E-state index is 3.98. The summed E-state index contributed by atoms with van der Waals surface area (Å²) in [5.74, 6) is 0. The lowest BCUT2D eigenvalue weighted by atomic mass is 10.1. The van der Waals surface area contributed by atoms with Gasteiger partial charge in [-0.05, 0) is 11.1 Å². The number of halogens is 1. The molecule has 7 heteroatoms. The molecule has 2 heterocycles. The van der Waals surface area contributed by atoms with Gasteiger partial charge in [-0.15, -0.1) is 10.2 Å². The van der Waals surface area contributed by atoms with Gasteiger partial charge < -0.3 is 0 Å². The Morgan fingerprint density at radius 3 is 1.84 bits per heavy atom. The van der Waals surface area contributed by atoms with Crippen LogP contribution in [0.4, 0.5) is 0 Å². The molecule has 3 rings (SSSR count). The molecule has 0 saturated heterocycles. The third-order valence-electron chi connectivity index (χ3n) is 2.77. The van der Waals surface area contributed by atoms with Crippen molar-refractivity contribution in [3.8, 4) is 0 Å². The fraction of sp³-hybridized carbons (Fsp3) is 0.167. The molecule has 0 aliphatic carbocycles. The van der Waals surface area contributed by atoms with Crippen molar-refractivity contribution in [3.63, 3.8) is 0 Å². The second-order valence-corrected chi connectivity index (χ2v) is 4.88. The Morgan fingerprint density at radius 2 is 1.42 bits per heavy atom. The summed E-state index contributed by atoms with van der Waals surface area (Å²) >= 11 is 3.65. The summed E-state index contributed by atoms with van der Waals surface area (Å²) in [6.45, 7) is 1.37. The summed E-state index contributed by atoms with van der Waals surface area (Å²) in [7, 11) is 0. The molecule has 96 valence electrons. The zero-order valence-electron chi connectivity index (χ0n) is 10.0. The van der Waals surface area contributed by atoms with Crippen molar-refractivity contribution in [2.24, 2.45) is 0 Å². The first-order chi connectivity index (χ1) is 9.33. The van der Waals surface area contributed by atoms with Gasteiger partial charge in [-0.3, -0.25) is 0 Å². The maximum atomic E-state index is 3.98. The number of aromatic nitrogens is 6. The van der Waals surface area contributed by atoms with E-state index >= 15 is 0 Å². The van der Waals surface area contributed by atoms with E-state index in [2.05, 4.69) is 48.7 Å². The van der Waals surface area contributed by atoms with Crippen LogP contribution in [0.15, 0.2) is 47.5 Å². The first-order valence-electron chi connectivity index (χ1n) is 5.77. The molecular weight excluding hydrogens is 308 g/mol. The average Bonchev–Trinajstić information content (AvgIpc) is 3.07. The van der Waals surface area contributed by atoms with Crippen LogP contribution in [0.2, 0.25) is 0 Å². The molecule has 1 aromatic carbocycles. The highest BCUT2D eigenvalue weighted by Gasteiger charge is 2.07. The van der Waals surface area contributed by atoms with Gasteiger partial charge in [0, 0.05) is 16.9 Å². The summed E-state index contributed by atoms with van der Waals surface area (Å²) in [6, 6.07) is 6.16. The van der Waals surface area contributed by atoms with E-state index in [0.29, 0.717) is 13.1 Å². The van der Waals surface area contributed by atoms with Gasteiger partial charge in [-0.25, -0.2) is 9.36 Å². The van der Waals surface area contributed by atoms with E-state index < -0.39 is 0 Å². The largest absolute Gasteiger partial charge is 0.248 e. The number of benzene rings is 1. The van der Waals surface area contributed by atoms with Crippen molar-refractivity contribution < 1.29 is 0 Å². The van der Waals surface area contributed by atoms with Crippen LogP contribution in [0.5, 0.6) is 0 Å². The minimum absolute atomic E-state index is 0.686. The van der Waals surface area contributed by atoms with E-state index in [-0.39, 0.29) is 0 Å². The fourth-order valence-corrected chi connectivity index (χ4v) is 2.38. The second kappa shape index (κ2) is 5.31. The van der Waals surface area contributed by atoms with Gasteiger partial charge in [0.05, 0.1) is 25.5 Å². The first-order valence-corrected chi connectivity index (χ1v) is 6.57. The van der Waals surface area contributed by atoms with E-state index in [9.17, 15) is 0 Å². The topological polar surface area (TPSA) is 61.4 Å². The molecule has 0 aliphatic rings. The van der Waals surface area contributed by atoms with Crippen LogP contribution < -0.4 is 0 Å².